The van der Waals surface area contributed by atoms with Crippen LogP contribution >= 0.6 is 27.3 Å². The molecule has 5 rings (SSSR count). The molecule has 0 saturated heterocycles. The summed E-state index contributed by atoms with van der Waals surface area (Å²) in [6.07, 6.45) is 4.38. The quantitative estimate of drug-likeness (QED) is 0.322. The van der Waals surface area contributed by atoms with Gasteiger partial charge in [0, 0.05) is 28.3 Å². The van der Waals surface area contributed by atoms with Gasteiger partial charge in [-0.3, -0.25) is 0 Å². The highest BCUT2D eigenvalue weighted by Gasteiger charge is 2.37. The van der Waals surface area contributed by atoms with Crippen LogP contribution in [0.15, 0.2) is 64.8 Å². The Labute approximate surface area is 188 Å². The van der Waals surface area contributed by atoms with Crippen LogP contribution in [0, 0.1) is 0 Å². The molecular formula is C24H21BrN4S. The van der Waals surface area contributed by atoms with Gasteiger partial charge < -0.3 is 4.90 Å². The molecule has 0 spiro atoms. The average molecular weight is 477 g/mol. The Kier molecular flexibility index (Phi) is 4.52. The van der Waals surface area contributed by atoms with Gasteiger partial charge in [0.15, 0.2) is 10.5 Å². The Morgan fingerprint density at radius 2 is 1.87 bits per heavy atom. The summed E-state index contributed by atoms with van der Waals surface area (Å²) in [6.45, 7) is 6.65. The van der Waals surface area contributed by atoms with E-state index >= 15 is 0 Å². The van der Waals surface area contributed by atoms with E-state index in [0.29, 0.717) is 5.65 Å². The minimum atomic E-state index is -0.0378. The van der Waals surface area contributed by atoms with Gasteiger partial charge in [0.25, 0.3) is 0 Å². The Morgan fingerprint density at radius 1 is 1.07 bits per heavy atom. The van der Waals surface area contributed by atoms with Gasteiger partial charge in [0.05, 0.1) is 11.0 Å². The van der Waals surface area contributed by atoms with Crippen molar-refractivity contribution in [2.75, 3.05) is 11.9 Å². The van der Waals surface area contributed by atoms with Gasteiger partial charge in [-0.2, -0.15) is 0 Å². The molecule has 1 aliphatic rings. The molecule has 0 amide bonds. The highest BCUT2D eigenvalue weighted by molar-refractivity contribution is 9.10. The molecule has 2 aromatic heterocycles. The number of hydrogen-bond donors (Lipinski definition) is 0. The van der Waals surface area contributed by atoms with E-state index in [4.69, 9.17) is 15.0 Å². The summed E-state index contributed by atoms with van der Waals surface area (Å²) in [6, 6.07) is 14.6. The molecule has 0 radical (unpaired) electrons. The number of anilines is 1. The molecule has 150 valence electrons. The number of thiazole rings is 1. The topological polar surface area (TPSA) is 41.9 Å². The summed E-state index contributed by atoms with van der Waals surface area (Å²) in [5.41, 5.74) is 7.41. The zero-order valence-electron chi connectivity index (χ0n) is 17.3. The second kappa shape index (κ2) is 7.00. The lowest BCUT2D eigenvalue weighted by molar-refractivity contribution is 0.640. The van der Waals surface area contributed by atoms with E-state index in [2.05, 4.69) is 85.1 Å². The number of aromatic nitrogens is 3. The fourth-order valence-electron chi connectivity index (χ4n) is 4.10. The maximum Gasteiger partial charge on any atom is 0.190 e. The molecule has 0 N–H and O–H groups in total. The minimum absolute atomic E-state index is 0.0378. The van der Waals surface area contributed by atoms with E-state index in [0.717, 1.165) is 30.9 Å². The first-order valence-electron chi connectivity index (χ1n) is 9.81. The van der Waals surface area contributed by atoms with Crippen LogP contribution in [-0.2, 0) is 5.41 Å². The van der Waals surface area contributed by atoms with Crippen molar-refractivity contribution in [3.63, 3.8) is 0 Å². The van der Waals surface area contributed by atoms with Crippen molar-refractivity contribution in [3.05, 3.63) is 75.4 Å². The highest BCUT2D eigenvalue weighted by Crippen LogP contribution is 2.46. The summed E-state index contributed by atoms with van der Waals surface area (Å²) in [4.78, 5) is 17.3. The number of rotatable bonds is 2. The first-order valence-corrected chi connectivity index (χ1v) is 11.4. The number of benzene rings is 2. The van der Waals surface area contributed by atoms with E-state index in [1.54, 1.807) is 11.3 Å². The molecule has 0 aliphatic carbocycles. The van der Waals surface area contributed by atoms with Gasteiger partial charge in [-0.05, 0) is 48.4 Å². The maximum absolute atomic E-state index is 4.75. The average Bonchev–Trinajstić information content (AvgIpc) is 3.22. The molecule has 2 aromatic carbocycles. The van der Waals surface area contributed by atoms with E-state index < -0.39 is 0 Å². The van der Waals surface area contributed by atoms with Crippen molar-refractivity contribution in [1.82, 2.24) is 15.0 Å². The number of hydrogen-bond acceptors (Lipinski definition) is 5. The van der Waals surface area contributed by atoms with Crippen LogP contribution in [0.25, 0.3) is 27.1 Å². The number of halogens is 1. The number of allylic oxidation sites excluding steroid dienone is 4. The SMILES string of the molecule is C/C(=C\C=C1/N(C)c2ccccc2C1(C)C)c1nc2nc3cc(Br)ccc3nc2s1. The summed E-state index contributed by atoms with van der Waals surface area (Å²) in [7, 11) is 2.14. The lowest BCUT2D eigenvalue weighted by Crippen LogP contribution is -2.22. The highest BCUT2D eigenvalue weighted by atomic mass is 79.9. The van der Waals surface area contributed by atoms with Crippen LogP contribution in [0.3, 0.4) is 0 Å². The van der Waals surface area contributed by atoms with Crippen molar-refractivity contribution >= 4 is 60.0 Å². The smallest absolute Gasteiger partial charge is 0.190 e. The second-order valence-corrected chi connectivity index (χ2v) is 10.0. The van der Waals surface area contributed by atoms with Crippen LogP contribution in [0.5, 0.6) is 0 Å². The monoisotopic (exact) mass is 476 g/mol. The summed E-state index contributed by atoms with van der Waals surface area (Å²) >= 11 is 5.08. The van der Waals surface area contributed by atoms with Crippen molar-refractivity contribution in [2.45, 2.75) is 26.2 Å². The Morgan fingerprint density at radius 3 is 2.67 bits per heavy atom. The molecule has 4 nitrogen and oxygen atoms in total. The Balaban J connectivity index is 1.53. The molecule has 30 heavy (non-hydrogen) atoms. The first kappa shape index (κ1) is 19.4. The van der Waals surface area contributed by atoms with Crippen LogP contribution < -0.4 is 4.90 Å². The lowest BCUT2D eigenvalue weighted by Gasteiger charge is -2.23. The molecule has 3 heterocycles. The van der Waals surface area contributed by atoms with E-state index in [1.807, 2.05) is 18.2 Å². The molecule has 0 unspecified atom stereocenters. The Hall–Kier alpha value is -2.57. The summed E-state index contributed by atoms with van der Waals surface area (Å²) < 4.78 is 0.992. The first-order chi connectivity index (χ1) is 14.3. The second-order valence-electron chi connectivity index (χ2n) is 8.11. The van der Waals surface area contributed by atoms with Crippen LogP contribution in [0.4, 0.5) is 5.69 Å². The lowest BCUT2D eigenvalue weighted by atomic mass is 9.83. The standard InChI is InChI=1S/C24H21BrN4S/c1-14(9-12-20-24(2,3)16-7-5-6-8-19(16)29(20)4)22-28-21-23(30-22)27-17-11-10-15(25)13-18(17)26-21/h5-13H,1-4H3/b14-9+,20-12-. The van der Waals surface area contributed by atoms with Crippen molar-refractivity contribution in [3.8, 4) is 0 Å². The van der Waals surface area contributed by atoms with Crippen LogP contribution in [-0.4, -0.2) is 22.0 Å². The van der Waals surface area contributed by atoms with Gasteiger partial charge >= 0.3 is 0 Å². The summed E-state index contributed by atoms with van der Waals surface area (Å²) in [5, 5.41) is 0.951. The number of fused-ring (bicyclic) bond motifs is 3. The third kappa shape index (κ3) is 3.06. The van der Waals surface area contributed by atoms with E-state index in [1.165, 1.54) is 16.9 Å². The predicted octanol–water partition coefficient (Wildman–Crippen LogP) is 6.72. The van der Waals surface area contributed by atoms with Gasteiger partial charge in [0.1, 0.15) is 5.01 Å². The molecule has 0 bridgehead atoms. The molecule has 0 saturated carbocycles. The molecule has 0 atom stereocenters. The molecular weight excluding hydrogens is 456 g/mol. The van der Waals surface area contributed by atoms with Gasteiger partial charge in [0.2, 0.25) is 0 Å². The van der Waals surface area contributed by atoms with Crippen LogP contribution in [0.2, 0.25) is 0 Å². The number of para-hydroxylation sites is 1. The molecule has 4 aromatic rings. The van der Waals surface area contributed by atoms with Gasteiger partial charge in [-0.25, -0.2) is 15.0 Å². The Bertz CT molecular complexity index is 1370. The van der Waals surface area contributed by atoms with Gasteiger partial charge in [-0.1, -0.05) is 65.4 Å². The maximum atomic E-state index is 4.75. The van der Waals surface area contributed by atoms with E-state index in [9.17, 15) is 0 Å². The van der Waals surface area contributed by atoms with Crippen LogP contribution in [0.1, 0.15) is 31.3 Å². The zero-order valence-corrected chi connectivity index (χ0v) is 19.7. The molecule has 6 heteroatoms. The third-order valence-corrected chi connectivity index (χ3v) is 7.31. The van der Waals surface area contributed by atoms with Crippen molar-refractivity contribution < 1.29 is 0 Å². The van der Waals surface area contributed by atoms with Gasteiger partial charge in [-0.15, -0.1) is 0 Å². The predicted molar refractivity (Wildman–Crippen MR) is 130 cm³/mol. The molecule has 0 fully saturated rings. The number of likely N-dealkylation sites (N-methyl/N-ethyl adjacent to an activating group) is 1. The van der Waals surface area contributed by atoms with E-state index in [-0.39, 0.29) is 5.41 Å². The van der Waals surface area contributed by atoms with Crippen molar-refractivity contribution in [2.24, 2.45) is 0 Å². The fraction of sp³-hybridized carbons (Fsp3) is 0.208. The van der Waals surface area contributed by atoms with Crippen molar-refractivity contribution in [1.29, 1.82) is 0 Å². The molecule has 1 aliphatic heterocycles. The fourth-order valence-corrected chi connectivity index (χ4v) is 5.32. The summed E-state index contributed by atoms with van der Waals surface area (Å²) in [5.74, 6) is 0. The number of nitrogens with zero attached hydrogens (tertiary/aromatic N) is 4. The normalized spacial score (nSPS) is 17.3. The minimum Gasteiger partial charge on any atom is -0.347 e. The third-order valence-electron chi connectivity index (χ3n) is 5.75. The largest absolute Gasteiger partial charge is 0.347 e. The zero-order chi connectivity index (χ0) is 21.0.